The first kappa shape index (κ1) is 17.1. The van der Waals surface area contributed by atoms with E-state index in [2.05, 4.69) is 20.8 Å². The van der Waals surface area contributed by atoms with Gasteiger partial charge < -0.3 is 5.32 Å². The molecule has 2 rings (SSSR count). The van der Waals surface area contributed by atoms with E-state index >= 15 is 0 Å². The standard InChI is InChI=1S/C16H20N4O2S/c1-10(2)9-13(21)17-11(3)14(22)18-16-20-19-15(23-16)12-7-5-4-6-8-12/h4-8,10-11H,9H2,1-3H3,(H,17,21)(H,18,20,22)/t11-/m0/s1. The van der Waals surface area contributed by atoms with Gasteiger partial charge in [-0.3, -0.25) is 14.9 Å². The van der Waals surface area contributed by atoms with Gasteiger partial charge in [0, 0.05) is 12.0 Å². The van der Waals surface area contributed by atoms with Crippen molar-refractivity contribution in [2.24, 2.45) is 5.92 Å². The van der Waals surface area contributed by atoms with E-state index in [4.69, 9.17) is 0 Å². The minimum absolute atomic E-state index is 0.134. The fourth-order valence-electron chi connectivity index (χ4n) is 1.92. The van der Waals surface area contributed by atoms with Crippen molar-refractivity contribution in [1.82, 2.24) is 15.5 Å². The molecular formula is C16H20N4O2S. The number of anilines is 1. The van der Waals surface area contributed by atoms with Crippen molar-refractivity contribution in [1.29, 1.82) is 0 Å². The lowest BCUT2D eigenvalue weighted by Gasteiger charge is -2.13. The molecule has 23 heavy (non-hydrogen) atoms. The Balaban J connectivity index is 1.93. The van der Waals surface area contributed by atoms with Gasteiger partial charge in [0.15, 0.2) is 0 Å². The molecule has 0 unspecified atom stereocenters. The smallest absolute Gasteiger partial charge is 0.248 e. The monoisotopic (exact) mass is 332 g/mol. The largest absolute Gasteiger partial charge is 0.345 e. The van der Waals surface area contributed by atoms with Gasteiger partial charge >= 0.3 is 0 Å². The number of rotatable bonds is 6. The Bertz CT molecular complexity index is 670. The molecule has 0 saturated heterocycles. The van der Waals surface area contributed by atoms with Gasteiger partial charge in [-0.15, -0.1) is 10.2 Å². The fourth-order valence-corrected chi connectivity index (χ4v) is 2.67. The summed E-state index contributed by atoms with van der Waals surface area (Å²) in [5.74, 6) is -0.190. The molecule has 0 bridgehead atoms. The van der Waals surface area contributed by atoms with Crippen molar-refractivity contribution >= 4 is 28.3 Å². The maximum atomic E-state index is 12.1. The van der Waals surface area contributed by atoms with E-state index < -0.39 is 6.04 Å². The molecule has 0 spiro atoms. The van der Waals surface area contributed by atoms with Crippen LogP contribution >= 0.6 is 11.3 Å². The van der Waals surface area contributed by atoms with Crippen LogP contribution in [0.4, 0.5) is 5.13 Å². The topological polar surface area (TPSA) is 84.0 Å². The maximum Gasteiger partial charge on any atom is 0.248 e. The summed E-state index contributed by atoms with van der Waals surface area (Å²) < 4.78 is 0. The zero-order valence-corrected chi connectivity index (χ0v) is 14.2. The number of amides is 2. The minimum Gasteiger partial charge on any atom is -0.345 e. The van der Waals surface area contributed by atoms with E-state index in [1.54, 1.807) is 6.92 Å². The van der Waals surface area contributed by atoms with E-state index in [0.29, 0.717) is 11.6 Å². The number of hydrogen-bond donors (Lipinski definition) is 2. The Morgan fingerprint density at radius 2 is 1.83 bits per heavy atom. The molecule has 122 valence electrons. The van der Waals surface area contributed by atoms with E-state index in [0.717, 1.165) is 10.6 Å². The Kier molecular flexibility index (Phi) is 5.81. The Labute approximate surface area is 139 Å². The number of benzene rings is 1. The summed E-state index contributed by atoms with van der Waals surface area (Å²) in [5, 5.41) is 14.5. The first-order chi connectivity index (χ1) is 11.0. The first-order valence-corrected chi connectivity index (χ1v) is 8.26. The lowest BCUT2D eigenvalue weighted by Crippen LogP contribution is -2.41. The van der Waals surface area contributed by atoms with E-state index in [9.17, 15) is 9.59 Å². The number of carbonyl (C=O) groups excluding carboxylic acids is 2. The predicted molar refractivity (Wildman–Crippen MR) is 91.0 cm³/mol. The zero-order valence-electron chi connectivity index (χ0n) is 13.4. The van der Waals surface area contributed by atoms with Gasteiger partial charge in [-0.25, -0.2) is 0 Å². The Morgan fingerprint density at radius 3 is 2.48 bits per heavy atom. The molecule has 1 heterocycles. The summed E-state index contributed by atoms with van der Waals surface area (Å²) in [6, 6.07) is 9.00. The molecular weight excluding hydrogens is 312 g/mol. The highest BCUT2D eigenvalue weighted by Gasteiger charge is 2.18. The third kappa shape index (κ3) is 5.14. The summed E-state index contributed by atoms with van der Waals surface area (Å²) >= 11 is 1.29. The average molecular weight is 332 g/mol. The molecule has 1 aromatic carbocycles. The van der Waals surface area contributed by atoms with Crippen molar-refractivity contribution in [3.8, 4) is 10.6 Å². The molecule has 7 heteroatoms. The SMILES string of the molecule is CC(C)CC(=O)N[C@@H](C)C(=O)Nc1nnc(-c2ccccc2)s1. The summed E-state index contributed by atoms with van der Waals surface area (Å²) in [5.41, 5.74) is 0.948. The van der Waals surface area contributed by atoms with Gasteiger partial charge in [0.25, 0.3) is 0 Å². The van der Waals surface area contributed by atoms with Crippen LogP contribution in [0.25, 0.3) is 10.6 Å². The van der Waals surface area contributed by atoms with Crippen molar-refractivity contribution in [2.45, 2.75) is 33.2 Å². The number of carbonyl (C=O) groups is 2. The summed E-state index contributed by atoms with van der Waals surface area (Å²) in [4.78, 5) is 23.8. The first-order valence-electron chi connectivity index (χ1n) is 7.45. The number of nitrogens with zero attached hydrogens (tertiary/aromatic N) is 2. The minimum atomic E-state index is -0.620. The van der Waals surface area contributed by atoms with Crippen LogP contribution in [0.15, 0.2) is 30.3 Å². The molecule has 2 aromatic rings. The second kappa shape index (κ2) is 7.82. The quantitative estimate of drug-likeness (QED) is 0.852. The molecule has 1 atom stereocenters. The van der Waals surface area contributed by atoms with Crippen LogP contribution in [-0.2, 0) is 9.59 Å². The van der Waals surface area contributed by atoms with E-state index in [1.807, 2.05) is 44.2 Å². The molecule has 6 nitrogen and oxygen atoms in total. The van der Waals surface area contributed by atoms with Crippen LogP contribution < -0.4 is 10.6 Å². The summed E-state index contributed by atoms with van der Waals surface area (Å²) in [6.45, 7) is 5.56. The Morgan fingerprint density at radius 1 is 1.13 bits per heavy atom. The second-order valence-corrected chi connectivity index (χ2v) is 6.63. The molecule has 0 radical (unpaired) electrons. The predicted octanol–water partition coefficient (Wildman–Crippen LogP) is 2.69. The van der Waals surface area contributed by atoms with Crippen LogP contribution in [0.3, 0.4) is 0 Å². The average Bonchev–Trinajstić information content (AvgIpc) is 2.95. The lowest BCUT2D eigenvalue weighted by molar-refractivity contribution is -0.126. The molecule has 0 saturated carbocycles. The number of aromatic nitrogens is 2. The third-order valence-electron chi connectivity index (χ3n) is 3.04. The van der Waals surface area contributed by atoms with Gasteiger partial charge in [0.05, 0.1) is 0 Å². The number of nitrogens with one attached hydrogen (secondary N) is 2. The van der Waals surface area contributed by atoms with Crippen molar-refractivity contribution in [2.75, 3.05) is 5.32 Å². The molecule has 0 aliphatic carbocycles. The Hall–Kier alpha value is -2.28. The van der Waals surface area contributed by atoms with Crippen LogP contribution in [0, 0.1) is 5.92 Å². The van der Waals surface area contributed by atoms with Gasteiger partial charge in [-0.2, -0.15) is 0 Å². The van der Waals surface area contributed by atoms with Gasteiger partial charge in [0.1, 0.15) is 11.0 Å². The van der Waals surface area contributed by atoms with Crippen LogP contribution in [0.5, 0.6) is 0 Å². The normalized spacial score (nSPS) is 12.0. The van der Waals surface area contributed by atoms with Crippen LogP contribution in [0.2, 0.25) is 0 Å². The van der Waals surface area contributed by atoms with Crippen LogP contribution in [-0.4, -0.2) is 28.1 Å². The van der Waals surface area contributed by atoms with Crippen molar-refractivity contribution < 1.29 is 9.59 Å². The van der Waals surface area contributed by atoms with Crippen LogP contribution in [0.1, 0.15) is 27.2 Å². The zero-order chi connectivity index (χ0) is 16.8. The molecule has 0 aliphatic rings. The van der Waals surface area contributed by atoms with E-state index in [-0.39, 0.29) is 17.7 Å². The molecule has 2 N–H and O–H groups in total. The van der Waals surface area contributed by atoms with Gasteiger partial charge in [-0.1, -0.05) is 55.5 Å². The number of hydrogen-bond acceptors (Lipinski definition) is 5. The molecule has 0 fully saturated rings. The molecule has 2 amide bonds. The summed E-state index contributed by atoms with van der Waals surface area (Å²) in [6.07, 6.45) is 0.397. The highest BCUT2D eigenvalue weighted by atomic mass is 32.1. The highest BCUT2D eigenvalue weighted by molar-refractivity contribution is 7.18. The van der Waals surface area contributed by atoms with Crippen molar-refractivity contribution in [3.05, 3.63) is 30.3 Å². The maximum absolute atomic E-state index is 12.1. The third-order valence-corrected chi connectivity index (χ3v) is 3.93. The van der Waals surface area contributed by atoms with Crippen molar-refractivity contribution in [3.63, 3.8) is 0 Å². The highest BCUT2D eigenvalue weighted by Crippen LogP contribution is 2.25. The second-order valence-electron chi connectivity index (χ2n) is 5.65. The van der Waals surface area contributed by atoms with E-state index in [1.165, 1.54) is 11.3 Å². The fraction of sp³-hybridized carbons (Fsp3) is 0.375. The van der Waals surface area contributed by atoms with Gasteiger partial charge in [0.2, 0.25) is 16.9 Å². The summed E-state index contributed by atoms with van der Waals surface area (Å²) in [7, 11) is 0. The molecule has 1 aromatic heterocycles. The van der Waals surface area contributed by atoms with Gasteiger partial charge in [-0.05, 0) is 12.8 Å². The lowest BCUT2D eigenvalue weighted by atomic mass is 10.1. The molecule has 0 aliphatic heterocycles.